The molecule has 31 heavy (non-hydrogen) atoms. The van der Waals surface area contributed by atoms with Gasteiger partial charge in [0.05, 0.1) is 16.6 Å². The molecule has 0 spiro atoms. The zero-order chi connectivity index (χ0) is 22.6. The number of allylic oxidation sites excluding steroid dienone is 1. The lowest BCUT2D eigenvalue weighted by Gasteiger charge is -2.32. The van der Waals surface area contributed by atoms with Crippen LogP contribution in [0.2, 0.25) is 0 Å². The van der Waals surface area contributed by atoms with E-state index in [1.807, 2.05) is 0 Å². The van der Waals surface area contributed by atoms with Gasteiger partial charge in [-0.2, -0.15) is 13.2 Å². The Labute approximate surface area is 174 Å². The summed E-state index contributed by atoms with van der Waals surface area (Å²) in [5, 5.41) is 2.98. The van der Waals surface area contributed by atoms with Crippen molar-refractivity contribution in [3.8, 4) is 0 Å². The number of amides is 1. The monoisotopic (exact) mass is 452 g/mol. The van der Waals surface area contributed by atoms with E-state index in [-0.39, 0.29) is 16.2 Å². The Kier molecular flexibility index (Phi) is 4.80. The molecule has 162 valence electrons. The van der Waals surface area contributed by atoms with Crippen LogP contribution in [0.1, 0.15) is 5.56 Å². The molecule has 2 heterocycles. The van der Waals surface area contributed by atoms with Crippen molar-refractivity contribution in [1.29, 1.82) is 0 Å². The summed E-state index contributed by atoms with van der Waals surface area (Å²) in [6.07, 6.45) is -1.06. The molecular formula is C20H15F3N2O5S. The Bertz CT molecular complexity index is 1350. The average molecular weight is 452 g/mol. The van der Waals surface area contributed by atoms with Gasteiger partial charge in [-0.05, 0) is 30.7 Å². The molecule has 1 aliphatic heterocycles. The molecule has 2 aliphatic rings. The van der Waals surface area contributed by atoms with Crippen LogP contribution < -0.4 is 15.7 Å². The maximum atomic E-state index is 13.4. The minimum absolute atomic E-state index is 0.0706. The average Bonchev–Trinajstić information content (AvgIpc) is 2.65. The van der Waals surface area contributed by atoms with Gasteiger partial charge in [0.2, 0.25) is 5.91 Å². The minimum Gasteiger partial charge on any atom is -0.423 e. The van der Waals surface area contributed by atoms with Crippen molar-refractivity contribution in [3.05, 3.63) is 75.0 Å². The second kappa shape index (κ2) is 7.12. The lowest BCUT2D eigenvalue weighted by atomic mass is 9.84. The highest BCUT2D eigenvalue weighted by molar-refractivity contribution is 7.96. The molecule has 0 fully saturated rings. The van der Waals surface area contributed by atoms with E-state index in [0.29, 0.717) is 17.0 Å². The van der Waals surface area contributed by atoms with E-state index < -0.39 is 45.3 Å². The van der Waals surface area contributed by atoms with Gasteiger partial charge in [-0.1, -0.05) is 12.2 Å². The van der Waals surface area contributed by atoms with Crippen LogP contribution in [0.5, 0.6) is 0 Å². The van der Waals surface area contributed by atoms with Crippen LogP contribution in [-0.2, 0) is 14.8 Å². The van der Waals surface area contributed by atoms with E-state index in [9.17, 15) is 31.2 Å². The zero-order valence-electron chi connectivity index (χ0n) is 15.9. The molecule has 7 nitrogen and oxygen atoms in total. The molecule has 1 aromatic heterocycles. The molecule has 2 N–H and O–H groups in total. The summed E-state index contributed by atoms with van der Waals surface area (Å²) in [5.74, 6) is -2.28. The van der Waals surface area contributed by atoms with E-state index >= 15 is 0 Å². The lowest BCUT2D eigenvalue weighted by Crippen LogP contribution is -2.46. The molecule has 1 amide bonds. The zero-order valence-corrected chi connectivity index (χ0v) is 16.7. The van der Waals surface area contributed by atoms with Crippen LogP contribution in [0.15, 0.2) is 68.3 Å². The number of fused-ring (bicyclic) bond motifs is 2. The number of hydrogen-bond acceptors (Lipinski definition) is 5. The maximum Gasteiger partial charge on any atom is 0.413 e. The van der Waals surface area contributed by atoms with Crippen LogP contribution in [0, 0.1) is 12.8 Å². The van der Waals surface area contributed by atoms with Gasteiger partial charge in [0.1, 0.15) is 5.58 Å². The number of anilines is 1. The first-order valence-corrected chi connectivity index (χ1v) is 10.5. The van der Waals surface area contributed by atoms with Crippen molar-refractivity contribution >= 4 is 32.6 Å². The highest BCUT2D eigenvalue weighted by Gasteiger charge is 2.45. The summed E-state index contributed by atoms with van der Waals surface area (Å²) in [6.45, 7) is 1.70. The topological polar surface area (TPSA) is 105 Å². The van der Waals surface area contributed by atoms with E-state index in [1.54, 1.807) is 13.0 Å². The standard InChI is InChI=1S/C20H15F3N2O5S/c1-10-6-19(27)30-17-7-11(2-4-13(10)17)25-31(28,29)12-3-5-16-14(8-12)15(20(21,22)23)9-18(26)24-16/h2-9,14,16,25H,1H3,(H,24,26). The Morgan fingerprint density at radius 3 is 2.61 bits per heavy atom. The van der Waals surface area contributed by atoms with Crippen molar-refractivity contribution in [2.24, 2.45) is 5.92 Å². The first-order valence-electron chi connectivity index (χ1n) is 9.01. The van der Waals surface area contributed by atoms with Crippen molar-refractivity contribution in [2.45, 2.75) is 19.1 Å². The number of rotatable bonds is 3. The van der Waals surface area contributed by atoms with Gasteiger partial charge in [-0.3, -0.25) is 9.52 Å². The molecule has 2 aromatic rings. The van der Waals surface area contributed by atoms with Crippen LogP contribution in [0.25, 0.3) is 11.0 Å². The van der Waals surface area contributed by atoms with E-state index in [0.717, 1.165) is 12.2 Å². The number of carbonyl (C=O) groups is 1. The molecule has 1 aromatic carbocycles. The Morgan fingerprint density at radius 1 is 1.16 bits per heavy atom. The minimum atomic E-state index is -4.79. The van der Waals surface area contributed by atoms with Crippen molar-refractivity contribution in [2.75, 3.05) is 4.72 Å². The number of hydrogen-bond donors (Lipinski definition) is 2. The van der Waals surface area contributed by atoms with E-state index in [4.69, 9.17) is 4.42 Å². The van der Waals surface area contributed by atoms with Gasteiger partial charge in [0, 0.05) is 35.1 Å². The molecule has 0 bridgehead atoms. The van der Waals surface area contributed by atoms with Crippen molar-refractivity contribution in [3.63, 3.8) is 0 Å². The number of halogens is 3. The number of carbonyl (C=O) groups excluding carboxylic acids is 1. The first-order chi connectivity index (χ1) is 14.4. The SMILES string of the molecule is Cc1cc(=O)oc2cc(NS(=O)(=O)C3=CC4C(C(F)(F)F)=CC(=O)NC4C=C3)ccc12. The molecule has 1 aliphatic carbocycles. The molecule has 11 heteroatoms. The Balaban J connectivity index is 1.69. The number of sulfonamides is 1. The molecule has 2 atom stereocenters. The molecule has 4 rings (SSSR count). The molecule has 0 saturated carbocycles. The van der Waals surface area contributed by atoms with Crippen LogP contribution in [0.3, 0.4) is 0 Å². The summed E-state index contributed by atoms with van der Waals surface area (Å²) < 4.78 is 73.1. The number of alkyl halides is 3. The maximum absolute atomic E-state index is 13.4. The lowest BCUT2D eigenvalue weighted by molar-refractivity contribution is -0.122. The predicted molar refractivity (Wildman–Crippen MR) is 107 cm³/mol. The van der Waals surface area contributed by atoms with Gasteiger partial charge in [-0.15, -0.1) is 0 Å². The molecule has 0 saturated heterocycles. The highest BCUT2D eigenvalue weighted by atomic mass is 32.2. The van der Waals surface area contributed by atoms with Crippen LogP contribution in [0.4, 0.5) is 18.9 Å². The number of nitrogens with one attached hydrogen (secondary N) is 2. The molecule has 2 unspecified atom stereocenters. The van der Waals surface area contributed by atoms with Gasteiger partial charge in [0.15, 0.2) is 0 Å². The first kappa shape index (κ1) is 20.9. The third-order valence-corrected chi connectivity index (χ3v) is 6.39. The number of benzene rings is 1. The molecule has 0 radical (unpaired) electrons. The summed E-state index contributed by atoms with van der Waals surface area (Å²) in [4.78, 5) is 22.7. The fourth-order valence-corrected chi connectivity index (χ4v) is 4.71. The van der Waals surface area contributed by atoms with Gasteiger partial charge in [-0.25, -0.2) is 13.2 Å². The van der Waals surface area contributed by atoms with Gasteiger partial charge < -0.3 is 9.73 Å². The van der Waals surface area contributed by atoms with Crippen LogP contribution >= 0.6 is 0 Å². The normalized spacial score (nSPS) is 21.2. The van der Waals surface area contributed by atoms with Gasteiger partial charge >= 0.3 is 11.8 Å². The fourth-order valence-electron chi connectivity index (χ4n) is 3.57. The van der Waals surface area contributed by atoms with Crippen molar-refractivity contribution in [1.82, 2.24) is 5.32 Å². The number of aryl methyl sites for hydroxylation is 1. The van der Waals surface area contributed by atoms with Crippen LogP contribution in [-0.4, -0.2) is 26.5 Å². The van der Waals surface area contributed by atoms with Gasteiger partial charge in [0.25, 0.3) is 10.0 Å². The smallest absolute Gasteiger partial charge is 0.413 e. The second-order valence-corrected chi connectivity index (χ2v) is 8.83. The fraction of sp³-hybridized carbons (Fsp3) is 0.200. The summed E-state index contributed by atoms with van der Waals surface area (Å²) >= 11 is 0. The summed E-state index contributed by atoms with van der Waals surface area (Å²) in [7, 11) is -4.26. The summed E-state index contributed by atoms with van der Waals surface area (Å²) in [6, 6.07) is 4.62. The van der Waals surface area contributed by atoms with E-state index in [2.05, 4.69) is 10.0 Å². The third-order valence-electron chi connectivity index (χ3n) is 4.99. The predicted octanol–water partition coefficient (Wildman–Crippen LogP) is 2.90. The summed E-state index contributed by atoms with van der Waals surface area (Å²) in [5.41, 5.74) is -0.839. The Hall–Kier alpha value is -3.34. The van der Waals surface area contributed by atoms with Crippen molar-refractivity contribution < 1.29 is 30.8 Å². The Morgan fingerprint density at radius 2 is 1.90 bits per heavy atom. The third kappa shape index (κ3) is 4.00. The largest absolute Gasteiger partial charge is 0.423 e. The highest BCUT2D eigenvalue weighted by Crippen LogP contribution is 2.39. The van der Waals surface area contributed by atoms with E-state index in [1.165, 1.54) is 24.3 Å². The molecular weight excluding hydrogens is 437 g/mol. The quantitative estimate of drug-likeness (QED) is 0.697. The second-order valence-electron chi connectivity index (χ2n) is 7.15.